The number of benzene rings is 1. The minimum atomic E-state index is -0.351. The molecule has 0 radical (unpaired) electrons. The van der Waals surface area contributed by atoms with Crippen molar-refractivity contribution in [2.45, 2.75) is 32.2 Å². The van der Waals surface area contributed by atoms with Crippen LogP contribution < -0.4 is 4.90 Å². The summed E-state index contributed by atoms with van der Waals surface area (Å²) in [4.78, 5) is 20.4. The van der Waals surface area contributed by atoms with Crippen molar-refractivity contribution in [3.05, 3.63) is 35.2 Å². The van der Waals surface area contributed by atoms with Crippen LogP contribution in [0.4, 0.5) is 5.13 Å². The summed E-state index contributed by atoms with van der Waals surface area (Å²) in [5.41, 5.74) is 3.22. The van der Waals surface area contributed by atoms with Crippen LogP contribution in [0, 0.1) is 11.5 Å². The number of hydrogen-bond acceptors (Lipinski definition) is 5. The van der Waals surface area contributed by atoms with Gasteiger partial charge >= 0.3 is 0 Å². The monoisotopic (exact) mass is 340 g/mol. The maximum Gasteiger partial charge on any atom is 0.251 e. The highest BCUT2D eigenvalue weighted by Gasteiger charge is 2.33. The molecular formula is C18H20N4OS. The van der Waals surface area contributed by atoms with Crippen LogP contribution >= 0.6 is 11.3 Å². The number of rotatable bonds is 4. The van der Waals surface area contributed by atoms with Gasteiger partial charge in [0.25, 0.3) is 5.91 Å². The molecule has 0 saturated carbocycles. The molecule has 1 atom stereocenters. The van der Waals surface area contributed by atoms with Crippen molar-refractivity contribution in [3.8, 4) is 17.5 Å². The predicted octanol–water partition coefficient (Wildman–Crippen LogP) is 3.28. The number of nitriles is 1. The van der Waals surface area contributed by atoms with Gasteiger partial charge in [0.05, 0.1) is 5.69 Å². The van der Waals surface area contributed by atoms with Crippen LogP contribution in [-0.4, -0.2) is 35.4 Å². The third-order valence-electron chi connectivity index (χ3n) is 4.41. The summed E-state index contributed by atoms with van der Waals surface area (Å²) >= 11 is 1.45. The third kappa shape index (κ3) is 3.13. The number of hydrogen-bond donors (Lipinski definition) is 0. The molecule has 6 heteroatoms. The molecule has 0 unspecified atom stereocenters. The molecule has 1 fully saturated rings. The van der Waals surface area contributed by atoms with E-state index in [-0.39, 0.29) is 11.9 Å². The van der Waals surface area contributed by atoms with Crippen LogP contribution in [0.25, 0.3) is 11.3 Å². The molecular weight excluding hydrogens is 320 g/mol. The lowest BCUT2D eigenvalue weighted by atomic mass is 10.1. The maximum absolute atomic E-state index is 12.7. The first-order valence-electron chi connectivity index (χ1n) is 8.12. The van der Waals surface area contributed by atoms with Crippen LogP contribution in [0.3, 0.4) is 0 Å². The van der Waals surface area contributed by atoms with Gasteiger partial charge in [-0.25, -0.2) is 4.98 Å². The highest BCUT2D eigenvalue weighted by atomic mass is 32.1. The van der Waals surface area contributed by atoms with Crippen molar-refractivity contribution in [2.24, 2.45) is 0 Å². The maximum atomic E-state index is 12.7. The average molecular weight is 340 g/mol. The Morgan fingerprint density at radius 3 is 3.12 bits per heavy atom. The number of carbonyl (C=O) groups excluding carboxylic acids is 1. The van der Waals surface area contributed by atoms with Crippen LogP contribution in [0.2, 0.25) is 0 Å². The Balaban J connectivity index is 1.79. The van der Waals surface area contributed by atoms with E-state index < -0.39 is 0 Å². The van der Waals surface area contributed by atoms with Crippen molar-refractivity contribution >= 4 is 22.4 Å². The van der Waals surface area contributed by atoms with E-state index in [1.54, 1.807) is 16.8 Å². The number of likely N-dealkylation sites (tertiary alicyclic amines) is 1. The summed E-state index contributed by atoms with van der Waals surface area (Å²) < 4.78 is 0. The minimum Gasteiger partial charge on any atom is -0.298 e. The Labute approximate surface area is 146 Å². The van der Waals surface area contributed by atoms with Gasteiger partial charge in [0.1, 0.15) is 6.04 Å². The lowest BCUT2D eigenvalue weighted by molar-refractivity contribution is -0.121. The first kappa shape index (κ1) is 16.5. The second-order valence-corrected chi connectivity index (χ2v) is 6.75. The van der Waals surface area contributed by atoms with Gasteiger partial charge in [-0.15, -0.1) is 11.3 Å². The molecule has 2 aromatic rings. The molecule has 5 nitrogen and oxygen atoms in total. The minimum absolute atomic E-state index is 0.0581. The van der Waals surface area contributed by atoms with Gasteiger partial charge in [-0.1, -0.05) is 25.1 Å². The summed E-state index contributed by atoms with van der Waals surface area (Å²) in [6.45, 7) is 2.79. The second kappa shape index (κ2) is 7.02. The van der Waals surface area contributed by atoms with Gasteiger partial charge in [-0.05, 0) is 30.9 Å². The van der Waals surface area contributed by atoms with E-state index in [4.69, 9.17) is 5.26 Å². The molecule has 3 rings (SSSR count). The van der Waals surface area contributed by atoms with Crippen molar-refractivity contribution < 1.29 is 4.79 Å². The van der Waals surface area contributed by atoms with E-state index in [0.717, 1.165) is 30.5 Å². The van der Waals surface area contributed by atoms with Crippen LogP contribution in [0.5, 0.6) is 0 Å². The first-order chi connectivity index (χ1) is 11.6. The van der Waals surface area contributed by atoms with Gasteiger partial charge in [-0.3, -0.25) is 14.6 Å². The standard InChI is InChI=1S/C18H20N4OS/c1-3-13-6-4-7-14(10-13)15-11-24-18(20-15)21(2)17(23)16-8-5-9-22(16)12-19/h4,6-7,10-11,16H,3,5,8-9H2,1-2H3/t16-/m0/s1. The van der Waals surface area contributed by atoms with Crippen molar-refractivity contribution in [1.29, 1.82) is 5.26 Å². The van der Waals surface area contributed by atoms with Crippen molar-refractivity contribution in [1.82, 2.24) is 9.88 Å². The van der Waals surface area contributed by atoms with Crippen LogP contribution in [0.1, 0.15) is 25.3 Å². The Kier molecular flexibility index (Phi) is 4.81. The number of thiazole rings is 1. The zero-order chi connectivity index (χ0) is 17.1. The fourth-order valence-electron chi connectivity index (χ4n) is 2.96. The van der Waals surface area contributed by atoms with E-state index >= 15 is 0 Å². The summed E-state index contributed by atoms with van der Waals surface area (Å²) in [5, 5.41) is 11.8. The number of nitrogens with zero attached hydrogens (tertiary/aromatic N) is 4. The largest absolute Gasteiger partial charge is 0.298 e. The topological polar surface area (TPSA) is 60.2 Å². The van der Waals surface area contributed by atoms with Crippen LogP contribution in [-0.2, 0) is 11.2 Å². The Morgan fingerprint density at radius 2 is 2.38 bits per heavy atom. The molecule has 1 saturated heterocycles. The fourth-order valence-corrected chi connectivity index (χ4v) is 3.77. The van der Waals surface area contributed by atoms with Gasteiger partial charge < -0.3 is 0 Å². The van der Waals surface area contributed by atoms with E-state index in [0.29, 0.717) is 11.7 Å². The lowest BCUT2D eigenvalue weighted by Crippen LogP contribution is -2.42. The molecule has 24 heavy (non-hydrogen) atoms. The molecule has 1 aliphatic heterocycles. The fraction of sp³-hybridized carbons (Fsp3) is 0.389. The smallest absolute Gasteiger partial charge is 0.251 e. The number of amides is 1. The quantitative estimate of drug-likeness (QED) is 0.802. The highest BCUT2D eigenvalue weighted by Crippen LogP contribution is 2.29. The SMILES string of the molecule is CCc1cccc(-c2csc(N(C)C(=O)[C@@H]3CCCN3C#N)n2)c1. The molecule has 0 bridgehead atoms. The molecule has 2 heterocycles. The molecule has 1 amide bonds. The molecule has 124 valence electrons. The van der Waals surface area contributed by atoms with E-state index in [1.165, 1.54) is 16.9 Å². The number of carbonyl (C=O) groups is 1. The zero-order valence-corrected chi connectivity index (χ0v) is 14.7. The molecule has 0 N–H and O–H groups in total. The summed E-state index contributed by atoms with van der Waals surface area (Å²) in [6.07, 6.45) is 4.70. The van der Waals surface area contributed by atoms with E-state index in [1.807, 2.05) is 17.5 Å². The molecule has 1 aromatic heterocycles. The van der Waals surface area contributed by atoms with E-state index in [9.17, 15) is 4.79 Å². The van der Waals surface area contributed by atoms with Gasteiger partial charge in [0.2, 0.25) is 0 Å². The number of aryl methyl sites for hydroxylation is 1. The second-order valence-electron chi connectivity index (χ2n) is 5.92. The normalized spacial score (nSPS) is 16.9. The molecule has 1 aliphatic rings. The van der Waals surface area contributed by atoms with Gasteiger partial charge in [0.15, 0.2) is 11.3 Å². The van der Waals surface area contributed by atoms with Crippen LogP contribution in [0.15, 0.2) is 29.6 Å². The van der Waals surface area contributed by atoms with Gasteiger partial charge in [-0.2, -0.15) is 5.26 Å². The zero-order valence-electron chi connectivity index (χ0n) is 13.9. The summed E-state index contributed by atoms with van der Waals surface area (Å²) in [7, 11) is 1.74. The number of anilines is 1. The Morgan fingerprint density at radius 1 is 1.54 bits per heavy atom. The van der Waals surface area contributed by atoms with Gasteiger partial charge in [0, 0.05) is 24.5 Å². The Bertz CT molecular complexity index is 779. The predicted molar refractivity (Wildman–Crippen MR) is 95.7 cm³/mol. The average Bonchev–Trinajstić information content (AvgIpc) is 3.29. The lowest BCUT2D eigenvalue weighted by Gasteiger charge is -2.22. The number of aromatic nitrogens is 1. The summed E-state index contributed by atoms with van der Waals surface area (Å²) in [6, 6.07) is 7.95. The molecule has 0 spiro atoms. The Hall–Kier alpha value is -2.39. The third-order valence-corrected chi connectivity index (χ3v) is 5.32. The van der Waals surface area contributed by atoms with E-state index in [2.05, 4.69) is 30.2 Å². The highest BCUT2D eigenvalue weighted by molar-refractivity contribution is 7.14. The summed E-state index contributed by atoms with van der Waals surface area (Å²) in [5.74, 6) is -0.0581. The van der Waals surface area contributed by atoms with Crippen molar-refractivity contribution in [3.63, 3.8) is 0 Å². The first-order valence-corrected chi connectivity index (χ1v) is 9.00. The molecule has 1 aromatic carbocycles. The molecule has 0 aliphatic carbocycles. The van der Waals surface area contributed by atoms with Crippen molar-refractivity contribution in [2.75, 3.05) is 18.5 Å². The number of likely N-dealkylation sites (N-methyl/N-ethyl adjacent to an activating group) is 1.